The lowest BCUT2D eigenvalue weighted by molar-refractivity contribution is -0.132. The zero-order chi connectivity index (χ0) is 9.40. The fraction of sp³-hybridized carbons (Fsp3) is 0.667. The normalized spacial score (nSPS) is 16.0. The number of amides is 1. The van der Waals surface area contributed by atoms with Crippen LogP contribution in [0.4, 0.5) is 0 Å². The van der Waals surface area contributed by atoms with Crippen LogP contribution < -0.4 is 0 Å². The standard InChI is InChI=1S/C6H11NO2.C3H6/c1-6(8)7-2-4-9-5-3-7;1-3-2/h2-5H2,1H3;3H,1H2,2H3. The Morgan fingerprint density at radius 1 is 1.50 bits per heavy atom. The van der Waals surface area contributed by atoms with Gasteiger partial charge in [-0.15, -0.1) is 6.58 Å². The highest BCUT2D eigenvalue weighted by atomic mass is 16.5. The molecule has 0 saturated carbocycles. The molecule has 1 heterocycles. The summed E-state index contributed by atoms with van der Waals surface area (Å²) in [4.78, 5) is 12.5. The molecule has 3 heteroatoms. The van der Waals surface area contributed by atoms with Gasteiger partial charge in [-0.2, -0.15) is 0 Å². The average Bonchev–Trinajstić information content (AvgIpc) is 2.07. The summed E-state index contributed by atoms with van der Waals surface area (Å²) in [6.07, 6.45) is 1.75. The Morgan fingerprint density at radius 3 is 2.17 bits per heavy atom. The van der Waals surface area contributed by atoms with Gasteiger partial charge in [0.15, 0.2) is 0 Å². The molecule has 0 bridgehead atoms. The molecule has 1 aliphatic heterocycles. The molecule has 0 unspecified atom stereocenters. The molecule has 0 aromatic carbocycles. The van der Waals surface area contributed by atoms with Crippen molar-refractivity contribution in [3.05, 3.63) is 12.7 Å². The number of hydrogen-bond donors (Lipinski definition) is 0. The monoisotopic (exact) mass is 171 g/mol. The molecule has 0 aromatic rings. The Labute approximate surface area is 74.0 Å². The molecule has 0 radical (unpaired) electrons. The number of carbonyl (C=O) groups excluding carboxylic acids is 1. The van der Waals surface area contributed by atoms with Gasteiger partial charge in [0, 0.05) is 20.0 Å². The van der Waals surface area contributed by atoms with Crippen molar-refractivity contribution in [1.29, 1.82) is 0 Å². The summed E-state index contributed by atoms with van der Waals surface area (Å²) in [5, 5.41) is 0. The van der Waals surface area contributed by atoms with Gasteiger partial charge < -0.3 is 9.64 Å². The SMILES string of the molecule is C=CC.CC(=O)N1CCOCC1. The predicted molar refractivity (Wildman–Crippen MR) is 48.9 cm³/mol. The third-order valence-electron chi connectivity index (χ3n) is 1.46. The van der Waals surface area contributed by atoms with Crippen LogP contribution in [0.25, 0.3) is 0 Å². The minimum Gasteiger partial charge on any atom is -0.378 e. The van der Waals surface area contributed by atoms with E-state index < -0.39 is 0 Å². The topological polar surface area (TPSA) is 29.5 Å². The summed E-state index contributed by atoms with van der Waals surface area (Å²) in [5.41, 5.74) is 0. The van der Waals surface area contributed by atoms with E-state index in [1.165, 1.54) is 0 Å². The van der Waals surface area contributed by atoms with Crippen LogP contribution in [0.5, 0.6) is 0 Å². The fourth-order valence-corrected chi connectivity index (χ4v) is 0.878. The van der Waals surface area contributed by atoms with Crippen LogP contribution in [0.2, 0.25) is 0 Å². The molecule has 3 nitrogen and oxygen atoms in total. The minimum absolute atomic E-state index is 0.151. The quantitative estimate of drug-likeness (QED) is 0.510. The van der Waals surface area contributed by atoms with E-state index >= 15 is 0 Å². The first-order valence-corrected chi connectivity index (χ1v) is 4.12. The molecule has 1 aliphatic rings. The predicted octanol–water partition coefficient (Wildman–Crippen LogP) is 1.06. The van der Waals surface area contributed by atoms with Gasteiger partial charge >= 0.3 is 0 Å². The van der Waals surface area contributed by atoms with Crippen molar-refractivity contribution in [1.82, 2.24) is 4.90 Å². The van der Waals surface area contributed by atoms with Crippen molar-refractivity contribution < 1.29 is 9.53 Å². The number of hydrogen-bond acceptors (Lipinski definition) is 2. The van der Waals surface area contributed by atoms with Crippen molar-refractivity contribution in [2.45, 2.75) is 13.8 Å². The highest BCUT2D eigenvalue weighted by Crippen LogP contribution is 1.95. The summed E-state index contributed by atoms with van der Waals surface area (Å²) >= 11 is 0. The first kappa shape index (κ1) is 11.2. The molecule has 70 valence electrons. The van der Waals surface area contributed by atoms with Crippen molar-refractivity contribution in [2.75, 3.05) is 26.3 Å². The summed E-state index contributed by atoms with van der Waals surface area (Å²) in [6, 6.07) is 0. The van der Waals surface area contributed by atoms with Crippen LogP contribution >= 0.6 is 0 Å². The maximum absolute atomic E-state index is 10.7. The lowest BCUT2D eigenvalue weighted by atomic mass is 10.4. The first-order valence-electron chi connectivity index (χ1n) is 4.12. The van der Waals surface area contributed by atoms with Gasteiger partial charge in [0.25, 0.3) is 0 Å². The smallest absolute Gasteiger partial charge is 0.219 e. The van der Waals surface area contributed by atoms with E-state index in [1.807, 2.05) is 6.92 Å². The highest BCUT2D eigenvalue weighted by Gasteiger charge is 2.11. The number of allylic oxidation sites excluding steroid dienone is 1. The molecular weight excluding hydrogens is 154 g/mol. The Morgan fingerprint density at radius 2 is 1.92 bits per heavy atom. The van der Waals surface area contributed by atoms with Crippen molar-refractivity contribution in [3.8, 4) is 0 Å². The fourth-order valence-electron chi connectivity index (χ4n) is 0.878. The molecule has 0 spiro atoms. The molecule has 0 atom stereocenters. The van der Waals surface area contributed by atoms with Gasteiger partial charge in [0.05, 0.1) is 13.2 Å². The van der Waals surface area contributed by atoms with Gasteiger partial charge in [0.2, 0.25) is 5.91 Å². The molecular formula is C9H17NO2. The highest BCUT2D eigenvalue weighted by molar-refractivity contribution is 5.73. The zero-order valence-electron chi connectivity index (χ0n) is 7.88. The Bertz CT molecular complexity index is 139. The number of ether oxygens (including phenoxy) is 1. The van der Waals surface area contributed by atoms with Gasteiger partial charge in [-0.25, -0.2) is 0 Å². The second kappa shape index (κ2) is 6.85. The molecule has 0 aliphatic carbocycles. The molecule has 0 aromatic heterocycles. The van der Waals surface area contributed by atoms with E-state index in [9.17, 15) is 4.79 Å². The van der Waals surface area contributed by atoms with E-state index in [2.05, 4.69) is 6.58 Å². The van der Waals surface area contributed by atoms with Crippen LogP contribution in [-0.2, 0) is 9.53 Å². The number of carbonyl (C=O) groups is 1. The Balaban J connectivity index is 0.000000354. The Hall–Kier alpha value is -0.830. The molecule has 1 saturated heterocycles. The van der Waals surface area contributed by atoms with Gasteiger partial charge in [-0.1, -0.05) is 6.08 Å². The van der Waals surface area contributed by atoms with E-state index in [4.69, 9.17) is 4.74 Å². The maximum Gasteiger partial charge on any atom is 0.219 e. The van der Waals surface area contributed by atoms with E-state index in [0.717, 1.165) is 13.1 Å². The lowest BCUT2D eigenvalue weighted by Gasteiger charge is -2.25. The first-order chi connectivity index (χ1) is 5.72. The second-order valence-electron chi connectivity index (χ2n) is 2.53. The van der Waals surface area contributed by atoms with E-state index in [1.54, 1.807) is 17.9 Å². The van der Waals surface area contributed by atoms with Crippen molar-refractivity contribution in [3.63, 3.8) is 0 Å². The molecule has 1 rings (SSSR count). The molecule has 1 amide bonds. The van der Waals surface area contributed by atoms with Gasteiger partial charge in [-0.3, -0.25) is 4.79 Å². The Kier molecular flexibility index (Phi) is 6.38. The van der Waals surface area contributed by atoms with Crippen LogP contribution in [0.15, 0.2) is 12.7 Å². The van der Waals surface area contributed by atoms with Gasteiger partial charge in [0.1, 0.15) is 0 Å². The van der Waals surface area contributed by atoms with Crippen molar-refractivity contribution >= 4 is 5.91 Å². The third kappa shape index (κ3) is 4.91. The second-order valence-corrected chi connectivity index (χ2v) is 2.53. The van der Waals surface area contributed by atoms with Crippen molar-refractivity contribution in [2.24, 2.45) is 0 Å². The summed E-state index contributed by atoms with van der Waals surface area (Å²) < 4.78 is 5.06. The number of morpholine rings is 1. The third-order valence-corrected chi connectivity index (χ3v) is 1.46. The average molecular weight is 171 g/mol. The van der Waals surface area contributed by atoms with Gasteiger partial charge in [-0.05, 0) is 6.92 Å². The molecule has 0 N–H and O–H groups in total. The lowest BCUT2D eigenvalue weighted by Crippen LogP contribution is -2.39. The molecule has 12 heavy (non-hydrogen) atoms. The maximum atomic E-state index is 10.7. The van der Waals surface area contributed by atoms with E-state index in [-0.39, 0.29) is 5.91 Å². The largest absolute Gasteiger partial charge is 0.378 e. The summed E-state index contributed by atoms with van der Waals surface area (Å²) in [5.74, 6) is 0.151. The summed E-state index contributed by atoms with van der Waals surface area (Å²) in [6.45, 7) is 9.75. The van der Waals surface area contributed by atoms with E-state index in [0.29, 0.717) is 13.2 Å². The number of rotatable bonds is 0. The minimum atomic E-state index is 0.151. The van der Waals surface area contributed by atoms with Crippen LogP contribution in [0.1, 0.15) is 13.8 Å². The molecule has 1 fully saturated rings. The zero-order valence-corrected chi connectivity index (χ0v) is 7.88. The number of nitrogens with zero attached hydrogens (tertiary/aromatic N) is 1. The van der Waals surface area contributed by atoms with Crippen LogP contribution in [0.3, 0.4) is 0 Å². The van der Waals surface area contributed by atoms with Crippen LogP contribution in [0, 0.1) is 0 Å². The van der Waals surface area contributed by atoms with Crippen LogP contribution in [-0.4, -0.2) is 37.1 Å². The summed E-state index contributed by atoms with van der Waals surface area (Å²) in [7, 11) is 0.